The van der Waals surface area contributed by atoms with Crippen LogP contribution in [0.1, 0.15) is 58.5 Å². The first-order valence-corrected chi connectivity index (χ1v) is 19.5. The standard InChI is InChI=1S/C44H42ClN3O10/c1-26-34(40(47-39(26)37(27(2)49)42(47)51)44(53)58-43(52)31-13-15-32(16-14-31)48(54)55)23-46-20-19-30(22-46)21-35(50)33-17-18-36(56-24-28-9-5-3-6-10-28)41(38(33)45)57-25-29-11-7-4-8-12-29/h3-18,26-27,30,37,39,49H,19-25H2,1-2H3/t26-,27+,30-,37+,39+/m0/s1. The van der Waals surface area contributed by atoms with Crippen molar-refractivity contribution in [2.45, 2.75) is 52.0 Å². The van der Waals surface area contributed by atoms with Crippen molar-refractivity contribution in [3.8, 4) is 11.5 Å². The maximum Gasteiger partial charge on any atom is 0.362 e. The number of likely N-dealkylation sites (tertiary alicyclic amines) is 1. The van der Waals surface area contributed by atoms with Crippen molar-refractivity contribution in [1.29, 1.82) is 0 Å². The Morgan fingerprint density at radius 2 is 1.55 bits per heavy atom. The van der Waals surface area contributed by atoms with Crippen LogP contribution in [0.15, 0.2) is 108 Å². The largest absolute Gasteiger partial charge is 0.485 e. The summed E-state index contributed by atoms with van der Waals surface area (Å²) < 4.78 is 17.6. The SMILES string of the molecule is C[C@@H](O)[C@H]1C(=O)N2C(C(=O)OC(=O)c3ccc([N+](=O)[O-])cc3)=C(CN3CC[C@@H](CC(=O)c4ccc(OCc5ccccc5)c(OCc5ccccc5)c4Cl)C3)[C@H](C)[C@H]12. The normalized spacial score (nSPS) is 20.6. The molecule has 300 valence electrons. The number of nitrogens with zero attached hydrogens (tertiary/aromatic N) is 3. The molecule has 2 fully saturated rings. The molecular formula is C44H42ClN3O10. The fraction of sp³-hybridized carbons (Fsp3) is 0.318. The van der Waals surface area contributed by atoms with Crippen molar-refractivity contribution in [3.63, 3.8) is 0 Å². The van der Waals surface area contributed by atoms with Crippen molar-refractivity contribution < 1.29 is 43.4 Å². The van der Waals surface area contributed by atoms with E-state index in [1.165, 1.54) is 24.0 Å². The molecule has 1 N–H and O–H groups in total. The lowest BCUT2D eigenvalue weighted by molar-refractivity contribution is -0.384. The third kappa shape index (κ3) is 8.38. The molecule has 4 aromatic rings. The van der Waals surface area contributed by atoms with E-state index in [2.05, 4.69) is 4.90 Å². The number of esters is 2. The van der Waals surface area contributed by atoms with Crippen LogP contribution in [0.3, 0.4) is 0 Å². The molecule has 3 aliphatic rings. The van der Waals surface area contributed by atoms with Crippen LogP contribution in [-0.2, 0) is 27.5 Å². The third-order valence-corrected chi connectivity index (χ3v) is 11.4. The summed E-state index contributed by atoms with van der Waals surface area (Å²) in [5.74, 6) is -3.07. The smallest absolute Gasteiger partial charge is 0.362 e. The molecule has 3 heterocycles. The molecule has 0 aliphatic carbocycles. The average molecular weight is 808 g/mol. The average Bonchev–Trinajstić information content (AvgIpc) is 3.75. The van der Waals surface area contributed by atoms with E-state index >= 15 is 0 Å². The van der Waals surface area contributed by atoms with E-state index in [4.69, 9.17) is 25.8 Å². The van der Waals surface area contributed by atoms with Crippen LogP contribution in [0, 0.1) is 27.9 Å². The van der Waals surface area contributed by atoms with Gasteiger partial charge < -0.3 is 24.2 Å². The number of ketones is 1. The van der Waals surface area contributed by atoms with Crippen molar-refractivity contribution in [1.82, 2.24) is 9.80 Å². The van der Waals surface area contributed by atoms with Gasteiger partial charge in [0.1, 0.15) is 18.9 Å². The first-order valence-electron chi connectivity index (χ1n) is 19.1. The molecule has 58 heavy (non-hydrogen) atoms. The molecule has 1 amide bonds. The molecule has 0 aromatic heterocycles. The van der Waals surface area contributed by atoms with E-state index in [-0.39, 0.29) is 71.5 Å². The molecule has 0 spiro atoms. The summed E-state index contributed by atoms with van der Waals surface area (Å²) in [5.41, 5.74) is 2.44. The quantitative estimate of drug-likeness (QED) is 0.0336. The van der Waals surface area contributed by atoms with Gasteiger partial charge >= 0.3 is 11.9 Å². The minimum absolute atomic E-state index is 0.0430. The Balaban J connectivity index is 1.05. The van der Waals surface area contributed by atoms with Crippen molar-refractivity contribution >= 4 is 40.9 Å². The number of hydrogen-bond acceptors (Lipinski definition) is 11. The maximum atomic E-state index is 13.9. The molecule has 0 unspecified atom stereocenters. The predicted octanol–water partition coefficient (Wildman–Crippen LogP) is 6.80. The van der Waals surface area contributed by atoms with E-state index in [0.717, 1.165) is 23.3 Å². The summed E-state index contributed by atoms with van der Waals surface area (Å²) in [5, 5.41) is 21.7. The highest BCUT2D eigenvalue weighted by atomic mass is 35.5. The number of nitro benzene ring substituents is 1. The van der Waals surface area contributed by atoms with E-state index in [0.29, 0.717) is 36.4 Å². The lowest BCUT2D eigenvalue weighted by atomic mass is 9.77. The van der Waals surface area contributed by atoms with Gasteiger partial charge in [0.25, 0.3) is 5.69 Å². The molecule has 7 rings (SSSR count). The zero-order valence-corrected chi connectivity index (χ0v) is 32.7. The van der Waals surface area contributed by atoms with E-state index in [1.54, 1.807) is 12.1 Å². The van der Waals surface area contributed by atoms with Crippen LogP contribution in [0.5, 0.6) is 11.5 Å². The summed E-state index contributed by atoms with van der Waals surface area (Å²) in [6, 6.07) is 26.8. The minimum atomic E-state index is -1.02. The fourth-order valence-electron chi connectivity index (χ4n) is 8.06. The Morgan fingerprint density at radius 3 is 2.17 bits per heavy atom. The van der Waals surface area contributed by atoms with Crippen molar-refractivity contribution in [3.05, 3.63) is 146 Å². The summed E-state index contributed by atoms with van der Waals surface area (Å²) >= 11 is 6.93. The van der Waals surface area contributed by atoms with Gasteiger partial charge in [-0.25, -0.2) is 9.59 Å². The van der Waals surface area contributed by atoms with Gasteiger partial charge in [-0.15, -0.1) is 0 Å². The monoisotopic (exact) mass is 807 g/mol. The second-order valence-electron chi connectivity index (χ2n) is 14.9. The molecule has 14 heteroatoms. The fourth-order valence-corrected chi connectivity index (χ4v) is 8.37. The lowest BCUT2D eigenvalue weighted by Gasteiger charge is -2.46. The third-order valence-electron chi connectivity index (χ3n) is 11.1. The van der Waals surface area contributed by atoms with Crippen LogP contribution in [0.25, 0.3) is 0 Å². The molecule has 3 aliphatic heterocycles. The summed E-state index contributed by atoms with van der Waals surface area (Å²) in [7, 11) is 0. The summed E-state index contributed by atoms with van der Waals surface area (Å²) in [6.45, 7) is 5.27. The van der Waals surface area contributed by atoms with Gasteiger partial charge in [-0.2, -0.15) is 0 Å². The molecule has 0 saturated carbocycles. The lowest BCUT2D eigenvalue weighted by Crippen LogP contribution is -2.63. The maximum absolute atomic E-state index is 13.9. The summed E-state index contributed by atoms with van der Waals surface area (Å²) in [6.07, 6.45) is -0.0813. The van der Waals surface area contributed by atoms with Crippen LogP contribution in [0.4, 0.5) is 5.69 Å². The Bertz CT molecular complexity index is 2250. The first kappa shape index (κ1) is 40.3. The highest BCUT2D eigenvalue weighted by Gasteiger charge is 2.60. The Labute approximate surface area is 339 Å². The second-order valence-corrected chi connectivity index (χ2v) is 15.3. The number of hydrogen-bond donors (Lipinski definition) is 1. The summed E-state index contributed by atoms with van der Waals surface area (Å²) in [4.78, 5) is 67.6. The van der Waals surface area contributed by atoms with Crippen LogP contribution < -0.4 is 9.47 Å². The minimum Gasteiger partial charge on any atom is -0.485 e. The van der Waals surface area contributed by atoms with E-state index < -0.39 is 40.8 Å². The first-order chi connectivity index (χ1) is 27.9. The predicted molar refractivity (Wildman–Crippen MR) is 212 cm³/mol. The number of non-ortho nitro benzene ring substituents is 1. The number of amides is 1. The van der Waals surface area contributed by atoms with Crippen LogP contribution in [-0.4, -0.2) is 75.2 Å². The zero-order chi connectivity index (χ0) is 41.1. The van der Waals surface area contributed by atoms with Gasteiger partial charge in [0, 0.05) is 43.1 Å². The number of carbonyl (C=O) groups excluding carboxylic acids is 4. The number of aliphatic hydroxyl groups is 1. The number of rotatable bonds is 15. The van der Waals surface area contributed by atoms with Gasteiger partial charge in [0.15, 0.2) is 17.3 Å². The number of fused-ring (bicyclic) bond motifs is 1. The molecule has 5 atom stereocenters. The number of ether oxygens (including phenoxy) is 3. The number of halogens is 1. The van der Waals surface area contributed by atoms with Gasteiger partial charge in [-0.1, -0.05) is 79.2 Å². The van der Waals surface area contributed by atoms with E-state index in [1.807, 2.05) is 67.6 Å². The number of β-lactam (4-membered cyclic amide) rings is 1. The number of aliphatic hydroxyl groups excluding tert-OH is 1. The molecule has 2 saturated heterocycles. The molecule has 0 bridgehead atoms. The Morgan fingerprint density at radius 1 is 0.914 bits per heavy atom. The van der Waals surface area contributed by atoms with Crippen LogP contribution >= 0.6 is 11.6 Å². The molecule has 13 nitrogen and oxygen atoms in total. The number of Topliss-reactive ketones (excluding diaryl/α,β-unsaturated/α-hetero) is 1. The molecular weight excluding hydrogens is 766 g/mol. The number of carbonyl (C=O) groups is 4. The van der Waals surface area contributed by atoms with E-state index in [9.17, 15) is 34.4 Å². The topological polar surface area (TPSA) is 166 Å². The van der Waals surface area contributed by atoms with Gasteiger partial charge in [0.05, 0.1) is 33.6 Å². The van der Waals surface area contributed by atoms with Gasteiger partial charge in [-0.3, -0.25) is 24.6 Å². The molecule has 0 radical (unpaired) electrons. The highest BCUT2D eigenvalue weighted by molar-refractivity contribution is 6.35. The van der Waals surface area contributed by atoms with Crippen molar-refractivity contribution in [2.75, 3.05) is 19.6 Å². The Hall–Kier alpha value is -5.89. The highest BCUT2D eigenvalue weighted by Crippen LogP contribution is 2.48. The molecule has 4 aromatic carbocycles. The zero-order valence-electron chi connectivity index (χ0n) is 31.9. The van der Waals surface area contributed by atoms with Crippen molar-refractivity contribution in [2.24, 2.45) is 17.8 Å². The van der Waals surface area contributed by atoms with Crippen LogP contribution in [0.2, 0.25) is 5.02 Å². The van der Waals surface area contributed by atoms with Gasteiger partial charge in [-0.05, 0) is 66.8 Å². The Kier molecular flexibility index (Phi) is 12.0. The number of benzene rings is 4. The second kappa shape index (κ2) is 17.3. The van der Waals surface area contributed by atoms with Gasteiger partial charge in [0.2, 0.25) is 5.91 Å². The number of nitro groups is 1.